The Labute approximate surface area is 112 Å². The maximum Gasteiger partial charge on any atom is 0.183 e. The molecule has 0 bridgehead atoms. The highest BCUT2D eigenvalue weighted by Gasteiger charge is 2.20. The summed E-state index contributed by atoms with van der Waals surface area (Å²) in [4.78, 5) is 11.5. The second kappa shape index (κ2) is 5.69. The van der Waals surface area contributed by atoms with Crippen molar-refractivity contribution in [3.63, 3.8) is 0 Å². The Kier molecular flexibility index (Phi) is 4.00. The molecular weight excluding hydrogens is 240 g/mol. The summed E-state index contributed by atoms with van der Waals surface area (Å²) < 4.78 is 1.73. The van der Waals surface area contributed by atoms with Crippen LogP contribution >= 0.6 is 0 Å². The highest BCUT2D eigenvalue weighted by molar-refractivity contribution is 5.97. The van der Waals surface area contributed by atoms with Crippen LogP contribution < -0.4 is 0 Å². The average molecular weight is 258 g/mol. The van der Waals surface area contributed by atoms with Gasteiger partial charge in [-0.2, -0.15) is 5.10 Å². The Hall–Kier alpha value is -2.10. The molecule has 1 aromatic carbocycles. The molecule has 2 rings (SSSR count). The van der Waals surface area contributed by atoms with Crippen molar-refractivity contribution in [3.8, 4) is 17.0 Å². The molecule has 1 aromatic heterocycles. The number of carbonyl (C=O) groups is 1. The molecular formula is C15H18N2O2. The van der Waals surface area contributed by atoms with Crippen molar-refractivity contribution in [1.82, 2.24) is 9.78 Å². The number of benzene rings is 1. The number of nitrogens with zero attached hydrogens (tertiary/aromatic N) is 2. The minimum absolute atomic E-state index is 0.0187. The van der Waals surface area contributed by atoms with Crippen molar-refractivity contribution in [2.75, 3.05) is 0 Å². The van der Waals surface area contributed by atoms with Crippen LogP contribution in [-0.2, 0) is 6.54 Å². The van der Waals surface area contributed by atoms with E-state index in [9.17, 15) is 9.90 Å². The van der Waals surface area contributed by atoms with Crippen LogP contribution in [0.25, 0.3) is 11.3 Å². The largest absolute Gasteiger partial charge is 0.504 e. The smallest absolute Gasteiger partial charge is 0.183 e. The van der Waals surface area contributed by atoms with Crippen LogP contribution in [0.5, 0.6) is 5.75 Å². The van der Waals surface area contributed by atoms with Gasteiger partial charge in [0.15, 0.2) is 17.2 Å². The van der Waals surface area contributed by atoms with E-state index < -0.39 is 0 Å². The third-order valence-corrected chi connectivity index (χ3v) is 3.03. The number of unbranched alkanes of at least 4 members (excludes halogenated alkanes) is 1. The highest BCUT2D eigenvalue weighted by Crippen LogP contribution is 2.32. The molecule has 0 spiro atoms. The number of Topliss-reactive ketones (excluding diaryl/α,β-unsaturated/α-hetero) is 1. The molecule has 0 amide bonds. The molecule has 100 valence electrons. The van der Waals surface area contributed by atoms with Crippen LogP contribution in [-0.4, -0.2) is 20.7 Å². The van der Waals surface area contributed by atoms with Crippen LogP contribution in [0.1, 0.15) is 37.2 Å². The zero-order valence-electron chi connectivity index (χ0n) is 11.3. The fraction of sp³-hybridized carbons (Fsp3) is 0.333. The van der Waals surface area contributed by atoms with Crippen LogP contribution in [0.15, 0.2) is 30.3 Å². The third kappa shape index (κ3) is 2.67. The van der Waals surface area contributed by atoms with Gasteiger partial charge in [0.1, 0.15) is 5.69 Å². The minimum Gasteiger partial charge on any atom is -0.504 e. The zero-order chi connectivity index (χ0) is 13.8. The fourth-order valence-electron chi connectivity index (χ4n) is 2.04. The summed E-state index contributed by atoms with van der Waals surface area (Å²) in [6.07, 6.45) is 1.99. The number of aryl methyl sites for hydroxylation is 1. The quantitative estimate of drug-likeness (QED) is 0.837. The number of hydrogen-bond donors (Lipinski definition) is 1. The lowest BCUT2D eigenvalue weighted by molar-refractivity contribution is 0.101. The monoisotopic (exact) mass is 258 g/mol. The summed E-state index contributed by atoms with van der Waals surface area (Å²) >= 11 is 0. The predicted octanol–water partition coefficient (Wildman–Crippen LogP) is 3.26. The first kappa shape index (κ1) is 13.3. The van der Waals surface area contributed by atoms with E-state index >= 15 is 0 Å². The van der Waals surface area contributed by atoms with E-state index in [-0.39, 0.29) is 17.2 Å². The van der Waals surface area contributed by atoms with Gasteiger partial charge in [-0.05, 0) is 6.42 Å². The van der Waals surface area contributed by atoms with Crippen LogP contribution in [0.2, 0.25) is 0 Å². The number of carbonyl (C=O) groups excluding carboxylic acids is 1. The molecule has 0 unspecified atom stereocenters. The molecule has 0 atom stereocenters. The maximum absolute atomic E-state index is 11.5. The highest BCUT2D eigenvalue weighted by atomic mass is 16.3. The van der Waals surface area contributed by atoms with E-state index in [1.807, 2.05) is 30.3 Å². The van der Waals surface area contributed by atoms with E-state index in [0.717, 1.165) is 18.4 Å². The van der Waals surface area contributed by atoms with Crippen molar-refractivity contribution in [2.24, 2.45) is 0 Å². The van der Waals surface area contributed by atoms with Crippen LogP contribution in [0, 0.1) is 0 Å². The molecule has 1 heterocycles. The van der Waals surface area contributed by atoms with Gasteiger partial charge in [0, 0.05) is 19.0 Å². The average Bonchev–Trinajstić information content (AvgIpc) is 2.74. The molecule has 0 radical (unpaired) electrons. The summed E-state index contributed by atoms with van der Waals surface area (Å²) in [6.45, 7) is 4.21. The Bertz CT molecular complexity index is 573. The number of aromatic hydroxyl groups is 1. The van der Waals surface area contributed by atoms with Crippen molar-refractivity contribution in [3.05, 3.63) is 36.0 Å². The summed E-state index contributed by atoms with van der Waals surface area (Å²) in [6, 6.07) is 9.53. The van der Waals surface area contributed by atoms with Crippen LogP contribution in [0.4, 0.5) is 0 Å². The lowest BCUT2D eigenvalue weighted by atomic mass is 10.1. The second-order valence-corrected chi connectivity index (χ2v) is 4.54. The molecule has 4 heteroatoms. The Morgan fingerprint density at radius 3 is 2.58 bits per heavy atom. The van der Waals surface area contributed by atoms with Crippen molar-refractivity contribution >= 4 is 5.78 Å². The van der Waals surface area contributed by atoms with Crippen molar-refractivity contribution < 1.29 is 9.90 Å². The summed E-state index contributed by atoms with van der Waals surface area (Å²) in [5, 5.41) is 14.5. The Morgan fingerprint density at radius 1 is 1.32 bits per heavy atom. The second-order valence-electron chi connectivity index (χ2n) is 4.54. The fourth-order valence-corrected chi connectivity index (χ4v) is 2.04. The molecule has 0 aliphatic rings. The molecule has 0 aliphatic heterocycles. The number of aromatic nitrogens is 2. The Balaban J connectivity index is 2.53. The standard InChI is InChI=1S/C15H18N2O2/c1-3-4-10-17-14(12-8-6-5-7-9-12)15(19)13(16-17)11(2)18/h5-9,19H,3-4,10H2,1-2H3. The lowest BCUT2D eigenvalue weighted by Gasteiger charge is -2.06. The van der Waals surface area contributed by atoms with Gasteiger partial charge in [-0.15, -0.1) is 0 Å². The third-order valence-electron chi connectivity index (χ3n) is 3.03. The van der Waals surface area contributed by atoms with Gasteiger partial charge in [0.2, 0.25) is 0 Å². The van der Waals surface area contributed by atoms with Gasteiger partial charge in [-0.25, -0.2) is 0 Å². The van der Waals surface area contributed by atoms with E-state index in [2.05, 4.69) is 12.0 Å². The molecule has 19 heavy (non-hydrogen) atoms. The molecule has 4 nitrogen and oxygen atoms in total. The van der Waals surface area contributed by atoms with Gasteiger partial charge in [0.25, 0.3) is 0 Å². The SMILES string of the molecule is CCCCn1nc(C(C)=O)c(O)c1-c1ccccc1. The Morgan fingerprint density at radius 2 is 2.00 bits per heavy atom. The molecule has 0 saturated carbocycles. The molecule has 0 fully saturated rings. The zero-order valence-corrected chi connectivity index (χ0v) is 11.3. The maximum atomic E-state index is 11.5. The first-order valence-corrected chi connectivity index (χ1v) is 6.51. The number of hydrogen-bond acceptors (Lipinski definition) is 3. The van der Waals surface area contributed by atoms with Gasteiger partial charge >= 0.3 is 0 Å². The summed E-state index contributed by atoms with van der Waals surface area (Å²) in [7, 11) is 0. The van der Waals surface area contributed by atoms with Gasteiger partial charge < -0.3 is 5.11 Å². The van der Waals surface area contributed by atoms with E-state index in [4.69, 9.17) is 0 Å². The van der Waals surface area contributed by atoms with Gasteiger partial charge in [-0.1, -0.05) is 43.7 Å². The van der Waals surface area contributed by atoms with E-state index in [0.29, 0.717) is 12.2 Å². The summed E-state index contributed by atoms with van der Waals surface area (Å²) in [5.41, 5.74) is 1.64. The number of ketones is 1. The van der Waals surface area contributed by atoms with Gasteiger partial charge in [0.05, 0.1) is 0 Å². The van der Waals surface area contributed by atoms with Crippen molar-refractivity contribution in [1.29, 1.82) is 0 Å². The molecule has 0 aliphatic carbocycles. The molecule has 2 aromatic rings. The van der Waals surface area contributed by atoms with Gasteiger partial charge in [-0.3, -0.25) is 9.48 Å². The molecule has 1 N–H and O–H groups in total. The number of rotatable bonds is 5. The topological polar surface area (TPSA) is 55.1 Å². The van der Waals surface area contributed by atoms with E-state index in [1.54, 1.807) is 4.68 Å². The van der Waals surface area contributed by atoms with Crippen molar-refractivity contribution in [2.45, 2.75) is 33.2 Å². The predicted molar refractivity (Wildman–Crippen MR) is 74.2 cm³/mol. The lowest BCUT2D eigenvalue weighted by Crippen LogP contribution is -2.03. The first-order chi connectivity index (χ1) is 9.15. The first-order valence-electron chi connectivity index (χ1n) is 6.51. The molecule has 0 saturated heterocycles. The summed E-state index contributed by atoms with van der Waals surface area (Å²) in [5.74, 6) is -0.236. The van der Waals surface area contributed by atoms with Crippen LogP contribution in [0.3, 0.4) is 0 Å². The normalized spacial score (nSPS) is 10.6. The van der Waals surface area contributed by atoms with E-state index in [1.165, 1.54) is 6.92 Å². The minimum atomic E-state index is -0.218.